The molecular formula is C17H26N2O. The van der Waals surface area contributed by atoms with Gasteiger partial charge in [0.05, 0.1) is 0 Å². The van der Waals surface area contributed by atoms with Gasteiger partial charge in [0.1, 0.15) is 0 Å². The second-order valence-corrected chi connectivity index (χ2v) is 6.02. The van der Waals surface area contributed by atoms with Crippen LogP contribution in [-0.4, -0.2) is 11.9 Å². The van der Waals surface area contributed by atoms with Gasteiger partial charge < -0.3 is 11.1 Å². The molecule has 1 saturated carbocycles. The van der Waals surface area contributed by atoms with E-state index in [1.807, 2.05) is 24.3 Å². The zero-order valence-electron chi connectivity index (χ0n) is 12.6. The monoisotopic (exact) mass is 274 g/mol. The molecule has 0 bridgehead atoms. The Bertz CT molecular complexity index is 441. The van der Waals surface area contributed by atoms with Crippen LogP contribution in [0.4, 0.5) is 5.69 Å². The van der Waals surface area contributed by atoms with Crippen LogP contribution in [0.3, 0.4) is 0 Å². The Morgan fingerprint density at radius 3 is 2.60 bits per heavy atom. The third-order valence-electron chi connectivity index (χ3n) is 4.72. The maximum atomic E-state index is 12.0. The average Bonchev–Trinajstić information content (AvgIpc) is 2.79. The van der Waals surface area contributed by atoms with Crippen LogP contribution in [-0.2, 0) is 11.2 Å². The largest absolute Gasteiger partial charge is 0.399 e. The first kappa shape index (κ1) is 14.9. The van der Waals surface area contributed by atoms with E-state index < -0.39 is 0 Å². The van der Waals surface area contributed by atoms with E-state index >= 15 is 0 Å². The number of nitrogens with one attached hydrogen (secondary N) is 1. The van der Waals surface area contributed by atoms with E-state index in [1.54, 1.807) is 0 Å². The van der Waals surface area contributed by atoms with Crippen molar-refractivity contribution >= 4 is 11.6 Å². The van der Waals surface area contributed by atoms with E-state index in [4.69, 9.17) is 5.73 Å². The van der Waals surface area contributed by atoms with Crippen LogP contribution in [0.1, 0.15) is 45.1 Å². The van der Waals surface area contributed by atoms with Gasteiger partial charge in [-0.1, -0.05) is 32.4 Å². The van der Waals surface area contributed by atoms with Crippen LogP contribution in [0.5, 0.6) is 0 Å². The molecular weight excluding hydrogens is 248 g/mol. The van der Waals surface area contributed by atoms with Gasteiger partial charge in [-0.3, -0.25) is 4.79 Å². The van der Waals surface area contributed by atoms with Gasteiger partial charge in [0.2, 0.25) is 5.91 Å². The molecule has 0 spiro atoms. The lowest BCUT2D eigenvalue weighted by molar-refractivity contribution is -0.122. The summed E-state index contributed by atoms with van der Waals surface area (Å²) in [4.78, 5) is 12.0. The molecule has 1 aliphatic carbocycles. The number of carbonyl (C=O) groups is 1. The maximum Gasteiger partial charge on any atom is 0.220 e. The Labute approximate surface area is 121 Å². The maximum absolute atomic E-state index is 12.0. The van der Waals surface area contributed by atoms with E-state index in [0.29, 0.717) is 18.4 Å². The number of amides is 1. The minimum absolute atomic E-state index is 0.176. The summed E-state index contributed by atoms with van der Waals surface area (Å²) in [5, 5.41) is 3.21. The van der Waals surface area contributed by atoms with Gasteiger partial charge in [-0.15, -0.1) is 0 Å². The van der Waals surface area contributed by atoms with Crippen LogP contribution in [0.15, 0.2) is 24.3 Å². The number of aryl methyl sites for hydroxylation is 1. The van der Waals surface area contributed by atoms with Crippen molar-refractivity contribution in [3.8, 4) is 0 Å². The van der Waals surface area contributed by atoms with Crippen molar-refractivity contribution in [3.05, 3.63) is 29.8 Å². The van der Waals surface area contributed by atoms with Gasteiger partial charge in [0.25, 0.3) is 0 Å². The molecule has 20 heavy (non-hydrogen) atoms. The van der Waals surface area contributed by atoms with Gasteiger partial charge in [-0.25, -0.2) is 0 Å². The Hall–Kier alpha value is -1.51. The highest BCUT2D eigenvalue weighted by Crippen LogP contribution is 2.33. The summed E-state index contributed by atoms with van der Waals surface area (Å²) in [5.74, 6) is 1.56. The first-order chi connectivity index (χ1) is 9.60. The lowest BCUT2D eigenvalue weighted by Crippen LogP contribution is -2.37. The number of nitrogens with two attached hydrogens (primary N) is 1. The van der Waals surface area contributed by atoms with Gasteiger partial charge in [0, 0.05) is 18.2 Å². The molecule has 0 saturated heterocycles. The quantitative estimate of drug-likeness (QED) is 0.810. The Morgan fingerprint density at radius 1 is 1.30 bits per heavy atom. The van der Waals surface area contributed by atoms with Gasteiger partial charge >= 0.3 is 0 Å². The van der Waals surface area contributed by atoms with Crippen LogP contribution in [0.2, 0.25) is 0 Å². The molecule has 3 unspecified atom stereocenters. The van der Waals surface area contributed by atoms with Crippen LogP contribution >= 0.6 is 0 Å². The number of rotatable bonds is 5. The Balaban J connectivity index is 1.77. The highest BCUT2D eigenvalue weighted by Gasteiger charge is 2.32. The predicted molar refractivity (Wildman–Crippen MR) is 83.3 cm³/mol. The minimum Gasteiger partial charge on any atom is -0.399 e. The fraction of sp³-hybridized carbons (Fsp3) is 0.588. The lowest BCUT2D eigenvalue weighted by Gasteiger charge is -2.21. The van der Waals surface area contributed by atoms with Crippen molar-refractivity contribution in [1.29, 1.82) is 0 Å². The minimum atomic E-state index is 0.176. The number of carbonyl (C=O) groups excluding carboxylic acids is 1. The van der Waals surface area contributed by atoms with E-state index in [9.17, 15) is 4.79 Å². The van der Waals surface area contributed by atoms with Crippen LogP contribution < -0.4 is 11.1 Å². The fourth-order valence-electron chi connectivity index (χ4n) is 3.25. The SMILES string of the molecule is CCC1CCC(NC(=O)CCc2ccc(N)cc2)C1C. The summed E-state index contributed by atoms with van der Waals surface area (Å²) >= 11 is 0. The van der Waals surface area contributed by atoms with Crippen molar-refractivity contribution in [1.82, 2.24) is 5.32 Å². The second kappa shape index (κ2) is 6.78. The molecule has 0 heterocycles. The summed E-state index contributed by atoms with van der Waals surface area (Å²) in [6.45, 7) is 4.51. The molecule has 110 valence electrons. The molecule has 1 fully saturated rings. The normalized spacial score (nSPS) is 25.6. The molecule has 1 aliphatic rings. The van der Waals surface area contributed by atoms with Gasteiger partial charge in [0.15, 0.2) is 0 Å². The van der Waals surface area contributed by atoms with Crippen molar-refractivity contribution < 1.29 is 4.79 Å². The summed E-state index contributed by atoms with van der Waals surface area (Å²) in [6.07, 6.45) is 4.95. The molecule has 2 rings (SSSR count). The first-order valence-electron chi connectivity index (χ1n) is 7.74. The molecule has 3 nitrogen and oxygen atoms in total. The van der Waals surface area contributed by atoms with Crippen molar-refractivity contribution in [2.45, 2.75) is 52.0 Å². The Morgan fingerprint density at radius 2 is 2.00 bits per heavy atom. The highest BCUT2D eigenvalue weighted by molar-refractivity contribution is 5.76. The number of nitrogen functional groups attached to an aromatic ring is 1. The van der Waals surface area contributed by atoms with E-state index in [2.05, 4.69) is 19.2 Å². The zero-order valence-corrected chi connectivity index (χ0v) is 12.6. The molecule has 3 N–H and O–H groups in total. The third-order valence-corrected chi connectivity index (χ3v) is 4.72. The van der Waals surface area contributed by atoms with Crippen molar-refractivity contribution in [2.24, 2.45) is 11.8 Å². The molecule has 1 aromatic rings. The lowest BCUT2D eigenvalue weighted by atomic mass is 9.93. The molecule has 0 aromatic heterocycles. The number of anilines is 1. The molecule has 0 radical (unpaired) electrons. The van der Waals surface area contributed by atoms with Gasteiger partial charge in [-0.05, 0) is 48.8 Å². The van der Waals surface area contributed by atoms with Crippen LogP contribution in [0.25, 0.3) is 0 Å². The van der Waals surface area contributed by atoms with E-state index in [-0.39, 0.29) is 5.91 Å². The highest BCUT2D eigenvalue weighted by atomic mass is 16.1. The summed E-state index contributed by atoms with van der Waals surface area (Å²) in [6, 6.07) is 8.14. The van der Waals surface area contributed by atoms with Gasteiger partial charge in [-0.2, -0.15) is 0 Å². The molecule has 1 aromatic carbocycles. The standard InChI is InChI=1S/C17H26N2O/c1-3-14-7-10-16(12(14)2)19-17(20)11-6-13-4-8-15(18)9-5-13/h4-5,8-9,12,14,16H,3,6-7,10-11,18H2,1-2H3,(H,19,20). The summed E-state index contributed by atoms with van der Waals surface area (Å²) in [5.41, 5.74) is 7.59. The summed E-state index contributed by atoms with van der Waals surface area (Å²) < 4.78 is 0. The predicted octanol–water partition coefficient (Wildman–Crippen LogP) is 3.14. The molecule has 3 atom stereocenters. The number of hydrogen-bond donors (Lipinski definition) is 2. The topological polar surface area (TPSA) is 55.1 Å². The summed E-state index contributed by atoms with van der Waals surface area (Å²) in [7, 11) is 0. The third kappa shape index (κ3) is 3.75. The molecule has 3 heteroatoms. The average molecular weight is 274 g/mol. The van der Waals surface area contributed by atoms with Crippen molar-refractivity contribution in [2.75, 3.05) is 5.73 Å². The number of hydrogen-bond acceptors (Lipinski definition) is 2. The van der Waals surface area contributed by atoms with Crippen molar-refractivity contribution in [3.63, 3.8) is 0 Å². The zero-order chi connectivity index (χ0) is 14.5. The fourth-order valence-corrected chi connectivity index (χ4v) is 3.25. The molecule has 0 aliphatic heterocycles. The smallest absolute Gasteiger partial charge is 0.220 e. The second-order valence-electron chi connectivity index (χ2n) is 6.02. The van der Waals surface area contributed by atoms with E-state index in [0.717, 1.165) is 24.4 Å². The Kier molecular flexibility index (Phi) is 5.05. The first-order valence-corrected chi connectivity index (χ1v) is 7.74. The van der Waals surface area contributed by atoms with Crippen LogP contribution in [0, 0.1) is 11.8 Å². The molecule has 1 amide bonds. The van der Waals surface area contributed by atoms with E-state index in [1.165, 1.54) is 18.4 Å². The number of benzene rings is 1.